The number of carbonyl (C=O) groups excluding carboxylic acids is 1. The highest BCUT2D eigenvalue weighted by molar-refractivity contribution is 8.04. The number of anilines is 1. The lowest BCUT2D eigenvalue weighted by Gasteiger charge is -2.22. The molecule has 1 N–H and O–H groups in total. The first-order chi connectivity index (χ1) is 14.9. The van der Waals surface area contributed by atoms with Crippen LogP contribution in [-0.2, 0) is 14.4 Å². The molecule has 3 rings (SSSR count). The molecule has 2 aromatic rings. The number of rotatable bonds is 7. The summed E-state index contributed by atoms with van der Waals surface area (Å²) in [5.41, 5.74) is 2.70. The van der Waals surface area contributed by atoms with Crippen molar-refractivity contribution in [3.8, 4) is 11.1 Å². The molecule has 31 heavy (non-hydrogen) atoms. The third kappa shape index (κ3) is 6.04. The Morgan fingerprint density at radius 1 is 1.23 bits per heavy atom. The number of ether oxygens (including phenoxy) is 1. The van der Waals surface area contributed by atoms with Gasteiger partial charge in [0.25, 0.3) is 5.91 Å². The molecule has 0 atom stereocenters. The van der Waals surface area contributed by atoms with Gasteiger partial charge in [0.2, 0.25) is 5.76 Å². The SMILES string of the molecule is CCCO/N=C/c1ccc(-c2ccccc2NC(=O)C2=C(C(F)(F)F)OCCS2)cc1. The fourth-order valence-electron chi connectivity index (χ4n) is 2.81. The fraction of sp³-hybridized carbons (Fsp3) is 0.273. The van der Waals surface area contributed by atoms with Gasteiger partial charge in [-0.3, -0.25) is 4.79 Å². The number of halogens is 3. The molecule has 2 aromatic carbocycles. The zero-order chi connectivity index (χ0) is 22.3. The van der Waals surface area contributed by atoms with Crippen molar-refractivity contribution in [2.75, 3.05) is 24.3 Å². The van der Waals surface area contributed by atoms with E-state index in [0.29, 0.717) is 17.9 Å². The third-order valence-electron chi connectivity index (χ3n) is 4.21. The van der Waals surface area contributed by atoms with Gasteiger partial charge in [-0.25, -0.2) is 0 Å². The van der Waals surface area contributed by atoms with Crippen molar-refractivity contribution in [2.24, 2.45) is 5.16 Å². The summed E-state index contributed by atoms with van der Waals surface area (Å²) in [5, 5.41) is 6.48. The van der Waals surface area contributed by atoms with E-state index in [1.54, 1.807) is 30.5 Å². The zero-order valence-corrected chi connectivity index (χ0v) is 17.6. The Morgan fingerprint density at radius 3 is 2.68 bits per heavy atom. The number of oxime groups is 1. The standard InChI is InChI=1S/C22H21F3N2O3S/c1-2-11-30-26-14-15-7-9-16(10-8-15)17-5-3-4-6-18(17)27-21(28)19-20(22(23,24)25)29-12-13-31-19/h3-10,14H,2,11-13H2,1H3,(H,27,28)/b26-14+. The fourth-order valence-corrected chi connectivity index (χ4v) is 3.67. The summed E-state index contributed by atoms with van der Waals surface area (Å²) >= 11 is 0.836. The van der Waals surface area contributed by atoms with Crippen LogP contribution in [0.15, 0.2) is 64.4 Å². The number of thioether (sulfide) groups is 1. The highest BCUT2D eigenvalue weighted by Gasteiger charge is 2.42. The van der Waals surface area contributed by atoms with E-state index in [1.165, 1.54) is 0 Å². The van der Waals surface area contributed by atoms with Crippen molar-refractivity contribution in [3.63, 3.8) is 0 Å². The number of alkyl halides is 3. The van der Waals surface area contributed by atoms with Crippen LogP contribution < -0.4 is 5.32 Å². The average Bonchev–Trinajstić information content (AvgIpc) is 2.77. The predicted octanol–water partition coefficient (Wildman–Crippen LogP) is 5.59. The Morgan fingerprint density at radius 2 is 1.97 bits per heavy atom. The summed E-state index contributed by atoms with van der Waals surface area (Å²) in [7, 11) is 0. The van der Waals surface area contributed by atoms with E-state index >= 15 is 0 Å². The first kappa shape index (κ1) is 22.7. The van der Waals surface area contributed by atoms with Crippen molar-refractivity contribution in [2.45, 2.75) is 19.5 Å². The highest BCUT2D eigenvalue weighted by atomic mass is 32.2. The van der Waals surface area contributed by atoms with Crippen LogP contribution >= 0.6 is 11.8 Å². The van der Waals surface area contributed by atoms with E-state index < -0.39 is 22.7 Å². The van der Waals surface area contributed by atoms with E-state index in [1.807, 2.05) is 31.2 Å². The highest BCUT2D eigenvalue weighted by Crippen LogP contribution is 2.38. The normalized spacial score (nSPS) is 14.5. The Hall–Kier alpha value is -2.94. The number of benzene rings is 2. The lowest BCUT2D eigenvalue weighted by Crippen LogP contribution is -2.26. The van der Waals surface area contributed by atoms with Crippen LogP contribution in [-0.4, -0.2) is 37.3 Å². The van der Waals surface area contributed by atoms with E-state index in [9.17, 15) is 18.0 Å². The summed E-state index contributed by atoms with van der Waals surface area (Å²) < 4.78 is 44.4. The number of hydrogen-bond donors (Lipinski definition) is 1. The molecule has 0 spiro atoms. The molecule has 0 saturated carbocycles. The number of hydrogen-bond acceptors (Lipinski definition) is 5. The second-order valence-electron chi connectivity index (χ2n) is 6.54. The molecular weight excluding hydrogens is 429 g/mol. The van der Waals surface area contributed by atoms with Crippen LogP contribution in [0.1, 0.15) is 18.9 Å². The van der Waals surface area contributed by atoms with Crippen LogP contribution in [0.4, 0.5) is 18.9 Å². The lowest BCUT2D eigenvalue weighted by atomic mass is 10.0. The third-order valence-corrected chi connectivity index (χ3v) is 5.24. The monoisotopic (exact) mass is 450 g/mol. The van der Waals surface area contributed by atoms with E-state index in [-0.39, 0.29) is 12.4 Å². The van der Waals surface area contributed by atoms with Gasteiger partial charge in [-0.15, -0.1) is 11.8 Å². The van der Waals surface area contributed by atoms with Gasteiger partial charge in [0.15, 0.2) is 0 Å². The summed E-state index contributed by atoms with van der Waals surface area (Å²) in [6.45, 7) is 2.43. The molecule has 9 heteroatoms. The first-order valence-corrected chi connectivity index (χ1v) is 10.6. The number of para-hydroxylation sites is 1. The molecule has 1 aliphatic heterocycles. The number of nitrogens with one attached hydrogen (secondary N) is 1. The van der Waals surface area contributed by atoms with Gasteiger partial charge in [0.1, 0.15) is 11.5 Å². The lowest BCUT2D eigenvalue weighted by molar-refractivity contribution is -0.133. The molecule has 0 fully saturated rings. The summed E-state index contributed by atoms with van der Waals surface area (Å²) in [4.78, 5) is 17.2. The molecule has 1 amide bonds. The van der Waals surface area contributed by atoms with E-state index in [0.717, 1.165) is 29.3 Å². The summed E-state index contributed by atoms with van der Waals surface area (Å²) in [6.07, 6.45) is -2.26. The van der Waals surface area contributed by atoms with Gasteiger partial charge < -0.3 is 14.9 Å². The molecule has 0 bridgehead atoms. The molecule has 1 heterocycles. The Kier molecular flexibility index (Phi) is 7.62. The maximum atomic E-state index is 13.2. The molecule has 0 unspecified atom stereocenters. The maximum Gasteiger partial charge on any atom is 0.450 e. The minimum atomic E-state index is -4.72. The Balaban J connectivity index is 1.82. The van der Waals surface area contributed by atoms with Gasteiger partial charge in [0.05, 0.1) is 12.8 Å². The molecule has 1 aliphatic rings. The van der Waals surface area contributed by atoms with Crippen molar-refractivity contribution in [1.82, 2.24) is 0 Å². The van der Waals surface area contributed by atoms with Gasteiger partial charge >= 0.3 is 6.18 Å². The van der Waals surface area contributed by atoms with Gasteiger partial charge in [-0.1, -0.05) is 54.5 Å². The maximum absolute atomic E-state index is 13.2. The van der Waals surface area contributed by atoms with Crippen LogP contribution in [0.3, 0.4) is 0 Å². The Bertz CT molecular complexity index is 973. The van der Waals surface area contributed by atoms with Gasteiger partial charge in [-0.2, -0.15) is 13.2 Å². The predicted molar refractivity (Wildman–Crippen MR) is 116 cm³/mol. The second-order valence-corrected chi connectivity index (χ2v) is 7.65. The molecule has 0 aromatic heterocycles. The van der Waals surface area contributed by atoms with E-state index in [4.69, 9.17) is 9.57 Å². The molecule has 0 radical (unpaired) electrons. The average molecular weight is 450 g/mol. The zero-order valence-electron chi connectivity index (χ0n) is 16.7. The summed E-state index contributed by atoms with van der Waals surface area (Å²) in [5.74, 6) is -1.82. The van der Waals surface area contributed by atoms with Crippen molar-refractivity contribution in [3.05, 3.63) is 64.8 Å². The second kappa shape index (κ2) is 10.4. The number of amides is 1. The smallest absolute Gasteiger partial charge is 0.450 e. The van der Waals surface area contributed by atoms with Crippen LogP contribution in [0.2, 0.25) is 0 Å². The molecular formula is C22H21F3N2O3S. The van der Waals surface area contributed by atoms with Crippen molar-refractivity contribution >= 4 is 29.6 Å². The number of carbonyl (C=O) groups is 1. The van der Waals surface area contributed by atoms with Crippen LogP contribution in [0, 0.1) is 0 Å². The molecule has 0 aliphatic carbocycles. The minimum absolute atomic E-state index is 0.0913. The molecule has 0 saturated heterocycles. The van der Waals surface area contributed by atoms with Crippen molar-refractivity contribution < 1.29 is 27.5 Å². The van der Waals surface area contributed by atoms with Crippen LogP contribution in [0.25, 0.3) is 11.1 Å². The van der Waals surface area contributed by atoms with Gasteiger partial charge in [0, 0.05) is 17.0 Å². The van der Waals surface area contributed by atoms with Crippen LogP contribution in [0.5, 0.6) is 0 Å². The topological polar surface area (TPSA) is 59.9 Å². The summed E-state index contributed by atoms with van der Waals surface area (Å²) in [6, 6.07) is 14.3. The largest absolute Gasteiger partial charge is 0.487 e. The minimum Gasteiger partial charge on any atom is -0.487 e. The van der Waals surface area contributed by atoms with Crippen molar-refractivity contribution in [1.29, 1.82) is 0 Å². The number of nitrogens with zero attached hydrogens (tertiary/aromatic N) is 1. The first-order valence-electron chi connectivity index (χ1n) is 9.63. The quantitative estimate of drug-likeness (QED) is 0.339. The van der Waals surface area contributed by atoms with Gasteiger partial charge in [-0.05, 0) is 23.6 Å². The number of allylic oxidation sites excluding steroid dienone is 1. The Labute approximate surface area is 182 Å². The van der Waals surface area contributed by atoms with E-state index in [2.05, 4.69) is 10.5 Å². The molecule has 5 nitrogen and oxygen atoms in total. The molecule has 164 valence electrons.